The molecule has 2 aromatic heterocycles. The van der Waals surface area contributed by atoms with Gasteiger partial charge in [-0.3, -0.25) is 4.79 Å². The first-order chi connectivity index (χ1) is 17.9. The highest BCUT2D eigenvalue weighted by Gasteiger charge is 2.31. The Kier molecular flexibility index (Phi) is 6.45. The quantitative estimate of drug-likeness (QED) is 0.256. The largest absolute Gasteiger partial charge is 0.480 e. The summed E-state index contributed by atoms with van der Waals surface area (Å²) in [6.45, 7) is 7.73. The lowest BCUT2D eigenvalue weighted by Gasteiger charge is -2.08. The highest BCUT2D eigenvalue weighted by molar-refractivity contribution is 7.95. The molecule has 3 aromatic carbocycles. The van der Waals surface area contributed by atoms with Crippen molar-refractivity contribution in [3.05, 3.63) is 105 Å². The van der Waals surface area contributed by atoms with E-state index < -0.39 is 15.8 Å². The average Bonchev–Trinajstić information content (AvgIpc) is 3.42. The number of nitrogens with zero attached hydrogens (tertiary/aromatic N) is 1. The molecule has 6 rings (SSSR count). The Labute approximate surface area is 226 Å². The third-order valence-corrected chi connectivity index (χ3v) is 8.52. The van der Waals surface area contributed by atoms with Crippen molar-refractivity contribution in [3.8, 4) is 0 Å². The molecule has 3 heterocycles. The minimum Gasteiger partial charge on any atom is -0.480 e. The number of fused-ring (bicyclic) bond motifs is 3. The number of aromatic nitrogens is 2. The van der Waals surface area contributed by atoms with Gasteiger partial charge in [-0.25, -0.2) is 8.42 Å². The predicted octanol–water partition coefficient (Wildman–Crippen LogP) is 6.96. The van der Waals surface area contributed by atoms with E-state index in [1.54, 1.807) is 16.7 Å². The van der Waals surface area contributed by atoms with Gasteiger partial charge < -0.3 is 14.7 Å². The highest BCUT2D eigenvalue weighted by atomic mass is 35.5. The van der Waals surface area contributed by atoms with Crippen LogP contribution in [0.25, 0.3) is 27.4 Å². The zero-order valence-corrected chi connectivity index (χ0v) is 23.0. The van der Waals surface area contributed by atoms with Crippen LogP contribution in [0.2, 0.25) is 5.02 Å². The number of hydrogen-bond donors (Lipinski definition) is 2. The number of aliphatic carboxylic acids is 1. The standard InChI is InChI=1S/C20H16ClNO4S.C10H11N/c1-11-3-5-14-17(7-11)22(9-19(23)24)12(2)20(14)16-10-27(25,26)18-6-4-13(21)8-15(16)18;1-7-3-4-9-6-8(2)11-10(9)5-7/h3-8,10H,9H2,1-2H3,(H,23,24);3-6,11H,1-2H3. The van der Waals surface area contributed by atoms with Crippen LogP contribution in [0, 0.1) is 27.7 Å². The summed E-state index contributed by atoms with van der Waals surface area (Å²) in [6.07, 6.45) is 0. The van der Waals surface area contributed by atoms with Crippen molar-refractivity contribution < 1.29 is 18.3 Å². The summed E-state index contributed by atoms with van der Waals surface area (Å²) in [5.74, 6) is -0.959. The van der Waals surface area contributed by atoms with Gasteiger partial charge in [0.25, 0.3) is 0 Å². The van der Waals surface area contributed by atoms with Crippen molar-refractivity contribution in [1.82, 2.24) is 9.55 Å². The molecule has 1 aliphatic rings. The van der Waals surface area contributed by atoms with Gasteiger partial charge in [0.05, 0.1) is 4.90 Å². The summed E-state index contributed by atoms with van der Waals surface area (Å²) in [5, 5.41) is 13.1. The third-order valence-electron chi connectivity index (χ3n) is 6.77. The van der Waals surface area contributed by atoms with E-state index in [1.165, 1.54) is 33.6 Å². The minimum atomic E-state index is -3.57. The van der Waals surface area contributed by atoms with E-state index >= 15 is 0 Å². The van der Waals surface area contributed by atoms with E-state index in [9.17, 15) is 18.3 Å². The zero-order valence-electron chi connectivity index (χ0n) is 21.5. The summed E-state index contributed by atoms with van der Waals surface area (Å²) >= 11 is 6.12. The van der Waals surface area contributed by atoms with Crippen molar-refractivity contribution in [2.24, 2.45) is 0 Å². The highest BCUT2D eigenvalue weighted by Crippen LogP contribution is 2.43. The summed E-state index contributed by atoms with van der Waals surface area (Å²) in [4.78, 5) is 14.9. The zero-order chi connectivity index (χ0) is 27.4. The van der Waals surface area contributed by atoms with Crippen LogP contribution < -0.4 is 0 Å². The number of benzene rings is 3. The molecule has 0 fully saturated rings. The molecule has 5 aromatic rings. The topological polar surface area (TPSA) is 92.2 Å². The van der Waals surface area contributed by atoms with Crippen LogP contribution in [-0.2, 0) is 21.2 Å². The van der Waals surface area contributed by atoms with Crippen LogP contribution in [0.1, 0.15) is 33.6 Å². The van der Waals surface area contributed by atoms with Gasteiger partial charge in [0.15, 0.2) is 0 Å². The molecule has 0 radical (unpaired) electrons. The smallest absolute Gasteiger partial charge is 0.323 e. The maximum absolute atomic E-state index is 12.6. The fourth-order valence-corrected chi connectivity index (χ4v) is 6.68. The van der Waals surface area contributed by atoms with Crippen LogP contribution in [-0.4, -0.2) is 29.0 Å². The minimum absolute atomic E-state index is 0.200. The third kappa shape index (κ3) is 4.64. The number of halogens is 1. The van der Waals surface area contributed by atoms with Gasteiger partial charge in [-0.05, 0) is 80.6 Å². The van der Waals surface area contributed by atoms with E-state index in [4.69, 9.17) is 11.6 Å². The second-order valence-electron chi connectivity index (χ2n) is 9.72. The van der Waals surface area contributed by atoms with Crippen LogP contribution >= 0.6 is 11.6 Å². The Balaban J connectivity index is 0.000000222. The van der Waals surface area contributed by atoms with Crippen LogP contribution in [0.5, 0.6) is 0 Å². The lowest BCUT2D eigenvalue weighted by molar-refractivity contribution is -0.137. The molecule has 38 heavy (non-hydrogen) atoms. The van der Waals surface area contributed by atoms with Crippen molar-refractivity contribution in [3.63, 3.8) is 0 Å². The summed E-state index contributed by atoms with van der Waals surface area (Å²) in [7, 11) is -3.57. The summed E-state index contributed by atoms with van der Waals surface area (Å²) < 4.78 is 26.9. The molecule has 0 spiro atoms. The number of rotatable bonds is 3. The lowest BCUT2D eigenvalue weighted by Crippen LogP contribution is -2.10. The monoisotopic (exact) mass is 546 g/mol. The van der Waals surface area contributed by atoms with Gasteiger partial charge in [0, 0.05) is 54.9 Å². The Hall–Kier alpha value is -3.81. The predicted molar refractivity (Wildman–Crippen MR) is 153 cm³/mol. The molecular formula is C30H27ClN2O4S. The van der Waals surface area contributed by atoms with Crippen molar-refractivity contribution in [2.45, 2.75) is 39.1 Å². The first-order valence-electron chi connectivity index (χ1n) is 12.1. The number of carbonyl (C=O) groups is 1. The van der Waals surface area contributed by atoms with E-state index in [1.807, 2.05) is 32.0 Å². The fourth-order valence-electron chi connectivity index (χ4n) is 5.09. The summed E-state index contributed by atoms with van der Waals surface area (Å²) in [5.41, 5.74) is 8.03. The van der Waals surface area contributed by atoms with Gasteiger partial charge >= 0.3 is 5.97 Å². The molecule has 6 nitrogen and oxygen atoms in total. The number of H-pyrrole nitrogens is 1. The van der Waals surface area contributed by atoms with E-state index in [0.29, 0.717) is 21.9 Å². The maximum Gasteiger partial charge on any atom is 0.323 e. The average molecular weight is 547 g/mol. The van der Waals surface area contributed by atoms with Crippen LogP contribution in [0.4, 0.5) is 0 Å². The van der Waals surface area contributed by atoms with Gasteiger partial charge in [0.1, 0.15) is 6.54 Å². The van der Waals surface area contributed by atoms with Gasteiger partial charge in [-0.2, -0.15) is 0 Å². The number of nitrogens with one attached hydrogen (secondary N) is 1. The Morgan fingerprint density at radius 3 is 2.39 bits per heavy atom. The molecule has 0 saturated heterocycles. The van der Waals surface area contributed by atoms with Gasteiger partial charge in [-0.1, -0.05) is 35.9 Å². The van der Waals surface area contributed by atoms with E-state index in [-0.39, 0.29) is 11.4 Å². The number of aromatic amines is 1. The van der Waals surface area contributed by atoms with Crippen molar-refractivity contribution in [2.75, 3.05) is 0 Å². The van der Waals surface area contributed by atoms with Crippen molar-refractivity contribution >= 4 is 54.8 Å². The molecule has 1 aliphatic heterocycles. The van der Waals surface area contributed by atoms with Crippen molar-refractivity contribution in [1.29, 1.82) is 0 Å². The molecule has 0 atom stereocenters. The second-order valence-corrected chi connectivity index (χ2v) is 11.9. The maximum atomic E-state index is 12.6. The second kappa shape index (κ2) is 9.49. The lowest BCUT2D eigenvalue weighted by atomic mass is 9.96. The van der Waals surface area contributed by atoms with Crippen LogP contribution in [0.3, 0.4) is 0 Å². The van der Waals surface area contributed by atoms with Gasteiger partial charge in [-0.15, -0.1) is 0 Å². The number of aryl methyl sites for hydroxylation is 3. The molecule has 0 aliphatic carbocycles. The number of hydrogen-bond acceptors (Lipinski definition) is 3. The Morgan fingerprint density at radius 1 is 0.947 bits per heavy atom. The number of sulfone groups is 1. The number of carboxylic acids is 1. The first-order valence-corrected chi connectivity index (χ1v) is 14.0. The molecule has 8 heteroatoms. The normalized spacial score (nSPS) is 13.8. The molecule has 0 amide bonds. The molecule has 194 valence electrons. The Bertz CT molecular complexity index is 1890. The van der Waals surface area contributed by atoms with E-state index in [2.05, 4.69) is 43.1 Å². The fraction of sp³-hybridized carbons (Fsp3) is 0.167. The van der Waals surface area contributed by atoms with E-state index in [0.717, 1.165) is 22.0 Å². The number of carboxylic acid groups (broad SMARTS) is 1. The SMILES string of the molecule is Cc1ccc2c(C3=CS(=O)(=O)c4ccc(Cl)cc43)c(C)n(CC(=O)O)c2c1.Cc1ccc2cc(C)[nH]c2c1. The van der Waals surface area contributed by atoms with Crippen LogP contribution in [0.15, 0.2) is 71.0 Å². The first kappa shape index (κ1) is 25.8. The molecular weight excluding hydrogens is 520 g/mol. The molecule has 0 bridgehead atoms. The molecule has 0 saturated carbocycles. The molecule has 0 unspecified atom stereocenters. The molecule has 2 N–H and O–H groups in total. The summed E-state index contributed by atoms with van der Waals surface area (Å²) in [6, 6.07) is 19.1. The Morgan fingerprint density at radius 2 is 1.66 bits per heavy atom. The van der Waals surface area contributed by atoms with Gasteiger partial charge in [0.2, 0.25) is 9.84 Å².